The summed E-state index contributed by atoms with van der Waals surface area (Å²) in [6.45, 7) is 0.0335. The zero-order valence-corrected chi connectivity index (χ0v) is 13.7. The summed E-state index contributed by atoms with van der Waals surface area (Å²) >= 11 is 12.1. The van der Waals surface area contributed by atoms with Crippen LogP contribution in [0.5, 0.6) is 11.5 Å². The number of ether oxygens (including phenoxy) is 2. The highest BCUT2D eigenvalue weighted by Crippen LogP contribution is 2.36. The minimum atomic E-state index is -0.830. The lowest BCUT2D eigenvalue weighted by molar-refractivity contribution is -0.470. The van der Waals surface area contributed by atoms with Crippen molar-refractivity contribution < 1.29 is 19.3 Å². The smallest absolute Gasteiger partial charge is 0.240 e. The summed E-state index contributed by atoms with van der Waals surface area (Å²) in [5.41, 5.74) is 1.21. The number of aliphatic hydroxyl groups is 1. The summed E-state index contributed by atoms with van der Waals surface area (Å²) < 4.78 is 11.0. The summed E-state index contributed by atoms with van der Waals surface area (Å²) in [6.07, 6.45) is 0.630. The first-order chi connectivity index (χ1) is 10.5. The summed E-state index contributed by atoms with van der Waals surface area (Å²) in [6, 6.07) is 5.14. The van der Waals surface area contributed by atoms with Crippen molar-refractivity contribution in [3.05, 3.63) is 50.5 Å². The van der Waals surface area contributed by atoms with Crippen LogP contribution in [-0.4, -0.2) is 30.6 Å². The van der Waals surface area contributed by atoms with Gasteiger partial charge in [-0.05, 0) is 17.7 Å². The normalized spacial score (nSPS) is 16.4. The Bertz CT molecular complexity index is 655. The molecule has 0 saturated carbocycles. The monoisotopic (exact) mass is 344 g/mol. The van der Waals surface area contributed by atoms with Crippen LogP contribution in [0, 0.1) is 4.91 Å². The SMILES string of the molecule is COc1ccc([C@@H](O)CC2=C(Cl)C[N+](=O)C=C2Cl)cc1OC. The molecular formula is C15H16Cl2NO4+. The lowest BCUT2D eigenvalue weighted by atomic mass is 9.99. The third kappa shape index (κ3) is 3.61. The molecule has 0 saturated heterocycles. The van der Waals surface area contributed by atoms with Crippen LogP contribution in [0.25, 0.3) is 0 Å². The van der Waals surface area contributed by atoms with E-state index in [1.807, 2.05) is 0 Å². The molecule has 1 atom stereocenters. The summed E-state index contributed by atoms with van der Waals surface area (Å²) in [5.74, 6) is 1.10. The van der Waals surface area contributed by atoms with Crippen LogP contribution in [-0.2, 0) is 0 Å². The highest BCUT2D eigenvalue weighted by molar-refractivity contribution is 6.35. The quantitative estimate of drug-likeness (QED) is 0.830. The number of benzene rings is 1. The molecule has 7 heteroatoms. The van der Waals surface area contributed by atoms with Gasteiger partial charge in [-0.1, -0.05) is 29.3 Å². The molecule has 1 aromatic carbocycles. The molecule has 1 aliphatic heterocycles. The Kier molecular flexibility index (Phi) is 5.45. The average molecular weight is 345 g/mol. The lowest BCUT2D eigenvalue weighted by Gasteiger charge is -2.17. The molecule has 0 bridgehead atoms. The van der Waals surface area contributed by atoms with Gasteiger partial charge in [-0.2, -0.15) is 0 Å². The van der Waals surface area contributed by atoms with E-state index in [0.717, 1.165) is 0 Å². The minimum absolute atomic E-state index is 0.0335. The van der Waals surface area contributed by atoms with Gasteiger partial charge in [0.1, 0.15) is 5.03 Å². The predicted octanol–water partition coefficient (Wildman–Crippen LogP) is 3.49. The number of methoxy groups -OCH3 is 2. The highest BCUT2D eigenvalue weighted by Gasteiger charge is 2.26. The van der Waals surface area contributed by atoms with Crippen molar-refractivity contribution in [2.45, 2.75) is 12.5 Å². The molecule has 5 nitrogen and oxygen atoms in total. The molecule has 1 heterocycles. The number of hydrogen-bond donors (Lipinski definition) is 1. The second-order valence-electron chi connectivity index (χ2n) is 4.77. The fraction of sp³-hybridized carbons (Fsp3) is 0.333. The van der Waals surface area contributed by atoms with E-state index in [1.165, 1.54) is 13.3 Å². The third-order valence-corrected chi connectivity index (χ3v) is 4.03. The van der Waals surface area contributed by atoms with E-state index in [0.29, 0.717) is 32.4 Å². The van der Waals surface area contributed by atoms with Crippen molar-refractivity contribution in [2.24, 2.45) is 0 Å². The maximum absolute atomic E-state index is 11.3. The number of halogens is 2. The van der Waals surface area contributed by atoms with Gasteiger partial charge >= 0.3 is 0 Å². The number of allylic oxidation sites excluding steroid dienone is 1. The largest absolute Gasteiger partial charge is 0.493 e. The standard InChI is InChI=1S/C15H16Cl2NO4/c1-21-14-4-3-9(5-15(14)22-2)13(19)6-10-11(16)7-18(20)8-12(10)17/h3-5,7,13,19H,6,8H2,1-2H3/q+1/t13-/m0/s1. The summed E-state index contributed by atoms with van der Waals surface area (Å²) in [4.78, 5) is 11.3. The van der Waals surface area contributed by atoms with E-state index in [2.05, 4.69) is 0 Å². The number of nitroso groups, excluding NO2 is 1. The molecule has 0 spiro atoms. The maximum Gasteiger partial charge on any atom is 0.240 e. The first kappa shape index (κ1) is 16.8. The summed E-state index contributed by atoms with van der Waals surface area (Å²) in [5, 5.41) is 11.0. The molecule has 1 aromatic rings. The molecule has 0 aromatic heterocycles. The number of hydrogen-bond acceptors (Lipinski definition) is 4. The molecule has 1 aliphatic rings. The fourth-order valence-corrected chi connectivity index (χ4v) is 2.84. The lowest BCUT2D eigenvalue weighted by Crippen LogP contribution is -2.12. The van der Waals surface area contributed by atoms with Crippen LogP contribution < -0.4 is 9.47 Å². The second kappa shape index (κ2) is 7.13. The number of aliphatic hydroxyl groups excluding tert-OH is 1. The Morgan fingerprint density at radius 1 is 1.27 bits per heavy atom. The third-order valence-electron chi connectivity index (χ3n) is 3.36. The highest BCUT2D eigenvalue weighted by atomic mass is 35.5. The number of nitrogens with zero attached hydrogens (tertiary/aromatic N) is 1. The van der Waals surface area contributed by atoms with E-state index in [-0.39, 0.29) is 18.0 Å². The van der Waals surface area contributed by atoms with Gasteiger partial charge in [0.05, 0.1) is 25.4 Å². The van der Waals surface area contributed by atoms with Gasteiger partial charge in [-0.15, -0.1) is 0 Å². The van der Waals surface area contributed by atoms with Gasteiger partial charge in [0.15, 0.2) is 11.5 Å². The van der Waals surface area contributed by atoms with Gasteiger partial charge in [-0.3, -0.25) is 0 Å². The Hall–Kier alpha value is -1.56. The topological polar surface area (TPSA) is 58.8 Å². The van der Waals surface area contributed by atoms with Gasteiger partial charge in [-0.25, -0.2) is 0 Å². The van der Waals surface area contributed by atoms with E-state index in [1.54, 1.807) is 25.3 Å². The number of rotatable bonds is 5. The van der Waals surface area contributed by atoms with Crippen molar-refractivity contribution in [2.75, 3.05) is 20.8 Å². The van der Waals surface area contributed by atoms with E-state index < -0.39 is 6.10 Å². The van der Waals surface area contributed by atoms with Crippen LogP contribution in [0.1, 0.15) is 18.1 Å². The van der Waals surface area contributed by atoms with E-state index in [4.69, 9.17) is 32.7 Å². The maximum atomic E-state index is 11.3. The molecule has 0 aliphatic carbocycles. The minimum Gasteiger partial charge on any atom is -0.493 e. The Labute approximate surface area is 138 Å². The van der Waals surface area contributed by atoms with Crippen LogP contribution in [0.3, 0.4) is 0 Å². The summed E-state index contributed by atoms with van der Waals surface area (Å²) in [7, 11) is 3.07. The Balaban J connectivity index is 2.23. The van der Waals surface area contributed by atoms with Gasteiger partial charge in [0, 0.05) is 21.7 Å². The van der Waals surface area contributed by atoms with Crippen molar-refractivity contribution in [1.29, 1.82) is 0 Å². The molecule has 2 rings (SSSR count). The van der Waals surface area contributed by atoms with E-state index >= 15 is 0 Å². The predicted molar refractivity (Wildman–Crippen MR) is 84.4 cm³/mol. The van der Waals surface area contributed by atoms with Crippen molar-refractivity contribution in [1.82, 2.24) is 0 Å². The first-order valence-electron chi connectivity index (χ1n) is 6.55. The zero-order chi connectivity index (χ0) is 16.3. The van der Waals surface area contributed by atoms with Crippen LogP contribution in [0.2, 0.25) is 0 Å². The van der Waals surface area contributed by atoms with Gasteiger partial charge < -0.3 is 14.6 Å². The molecule has 22 heavy (non-hydrogen) atoms. The van der Waals surface area contributed by atoms with Crippen molar-refractivity contribution in [3.8, 4) is 11.5 Å². The van der Waals surface area contributed by atoms with Crippen molar-refractivity contribution >= 4 is 23.2 Å². The molecule has 118 valence electrons. The van der Waals surface area contributed by atoms with Crippen LogP contribution in [0.4, 0.5) is 0 Å². The van der Waals surface area contributed by atoms with Gasteiger partial charge in [0.25, 0.3) is 0 Å². The Morgan fingerprint density at radius 3 is 2.55 bits per heavy atom. The molecule has 1 N–H and O–H groups in total. The second-order valence-corrected chi connectivity index (χ2v) is 5.63. The van der Waals surface area contributed by atoms with Crippen LogP contribution in [0.15, 0.2) is 40.0 Å². The fourth-order valence-electron chi connectivity index (χ4n) is 2.19. The van der Waals surface area contributed by atoms with Crippen LogP contribution >= 0.6 is 23.2 Å². The molecular weight excluding hydrogens is 329 g/mol. The Morgan fingerprint density at radius 2 is 1.95 bits per heavy atom. The molecule has 0 radical (unpaired) electrons. The average Bonchev–Trinajstić information content (AvgIpc) is 2.49. The van der Waals surface area contributed by atoms with Gasteiger partial charge in [0.2, 0.25) is 12.7 Å². The van der Waals surface area contributed by atoms with Crippen molar-refractivity contribution in [3.63, 3.8) is 0 Å². The molecule has 0 fully saturated rings. The zero-order valence-electron chi connectivity index (χ0n) is 12.2. The molecule has 0 unspecified atom stereocenters. The van der Waals surface area contributed by atoms with E-state index in [9.17, 15) is 10.0 Å². The first-order valence-corrected chi connectivity index (χ1v) is 7.30. The molecule has 0 amide bonds.